The Morgan fingerprint density at radius 1 is 1.27 bits per heavy atom. The first kappa shape index (κ1) is 18.8. The predicted molar refractivity (Wildman–Crippen MR) is 95.4 cm³/mol. The van der Waals surface area contributed by atoms with Gasteiger partial charge in [-0.2, -0.15) is 0 Å². The molecule has 2 aromatic heterocycles. The molecule has 0 atom stereocenters. The Kier molecular flexibility index (Phi) is 6.20. The summed E-state index contributed by atoms with van der Waals surface area (Å²) in [5, 5.41) is 5.87. The van der Waals surface area contributed by atoms with Crippen LogP contribution in [0.1, 0.15) is 41.9 Å². The van der Waals surface area contributed by atoms with Crippen LogP contribution in [0.4, 0.5) is 8.78 Å². The minimum atomic E-state index is -2.33. The SMILES string of the molecule is Cc1cc(C(=O)N[C@H]2CC[C@H](NCC(F)F)CC2)nc(-c2cncs2)n1. The van der Waals surface area contributed by atoms with E-state index in [1.54, 1.807) is 17.8 Å². The number of thiazole rings is 1. The minimum absolute atomic E-state index is 0.0363. The smallest absolute Gasteiger partial charge is 0.270 e. The lowest BCUT2D eigenvalue weighted by Gasteiger charge is -2.29. The molecule has 140 valence electrons. The van der Waals surface area contributed by atoms with Gasteiger partial charge >= 0.3 is 0 Å². The highest BCUT2D eigenvalue weighted by molar-refractivity contribution is 7.13. The monoisotopic (exact) mass is 381 g/mol. The molecule has 1 saturated carbocycles. The van der Waals surface area contributed by atoms with Gasteiger partial charge in [0, 0.05) is 24.0 Å². The maximum absolute atomic E-state index is 12.6. The van der Waals surface area contributed by atoms with Crippen molar-refractivity contribution in [1.29, 1.82) is 0 Å². The van der Waals surface area contributed by atoms with E-state index in [-0.39, 0.29) is 24.5 Å². The Hall–Kier alpha value is -2.00. The molecule has 0 unspecified atom stereocenters. The fraction of sp³-hybridized carbons (Fsp3) is 0.529. The summed E-state index contributed by atoms with van der Waals surface area (Å²) in [7, 11) is 0. The molecule has 1 aliphatic rings. The third-order valence-electron chi connectivity index (χ3n) is 4.36. The third kappa shape index (κ3) is 5.01. The number of nitrogens with one attached hydrogen (secondary N) is 2. The summed E-state index contributed by atoms with van der Waals surface area (Å²) in [6.07, 6.45) is 2.41. The van der Waals surface area contributed by atoms with Crippen LogP contribution in [0.2, 0.25) is 0 Å². The summed E-state index contributed by atoms with van der Waals surface area (Å²) in [5.41, 5.74) is 2.74. The lowest BCUT2D eigenvalue weighted by Crippen LogP contribution is -2.43. The highest BCUT2D eigenvalue weighted by atomic mass is 32.1. The van der Waals surface area contributed by atoms with Crippen molar-refractivity contribution in [2.24, 2.45) is 0 Å². The molecule has 0 bridgehead atoms. The molecule has 26 heavy (non-hydrogen) atoms. The highest BCUT2D eigenvalue weighted by Crippen LogP contribution is 2.21. The quantitative estimate of drug-likeness (QED) is 0.804. The zero-order valence-electron chi connectivity index (χ0n) is 14.4. The van der Waals surface area contributed by atoms with Crippen molar-refractivity contribution in [2.45, 2.75) is 51.1 Å². The van der Waals surface area contributed by atoms with E-state index in [4.69, 9.17) is 0 Å². The van der Waals surface area contributed by atoms with Crippen molar-refractivity contribution in [3.05, 3.63) is 29.2 Å². The second-order valence-corrected chi connectivity index (χ2v) is 7.29. The first-order chi connectivity index (χ1) is 12.5. The largest absolute Gasteiger partial charge is 0.348 e. The summed E-state index contributed by atoms with van der Waals surface area (Å²) in [4.78, 5) is 26.1. The molecule has 0 aromatic carbocycles. The van der Waals surface area contributed by atoms with Crippen LogP contribution in [-0.4, -0.2) is 45.9 Å². The topological polar surface area (TPSA) is 79.8 Å². The molecule has 0 aliphatic heterocycles. The number of carbonyl (C=O) groups excluding carboxylic acids is 1. The number of hydrogen-bond donors (Lipinski definition) is 2. The molecule has 2 heterocycles. The van der Waals surface area contributed by atoms with E-state index < -0.39 is 6.43 Å². The van der Waals surface area contributed by atoms with E-state index in [0.29, 0.717) is 17.2 Å². The molecule has 0 saturated heterocycles. The van der Waals surface area contributed by atoms with Crippen LogP contribution in [0.15, 0.2) is 17.8 Å². The number of halogens is 2. The maximum Gasteiger partial charge on any atom is 0.270 e. The van der Waals surface area contributed by atoms with Crippen LogP contribution >= 0.6 is 11.3 Å². The first-order valence-corrected chi connectivity index (χ1v) is 9.46. The van der Waals surface area contributed by atoms with Gasteiger partial charge in [0.2, 0.25) is 0 Å². The van der Waals surface area contributed by atoms with Gasteiger partial charge in [0.05, 0.1) is 16.9 Å². The number of aryl methyl sites for hydroxylation is 1. The van der Waals surface area contributed by atoms with Gasteiger partial charge in [-0.3, -0.25) is 9.78 Å². The van der Waals surface area contributed by atoms with Gasteiger partial charge < -0.3 is 10.6 Å². The van der Waals surface area contributed by atoms with E-state index in [0.717, 1.165) is 30.6 Å². The van der Waals surface area contributed by atoms with Crippen molar-refractivity contribution in [3.63, 3.8) is 0 Å². The van der Waals surface area contributed by atoms with E-state index in [1.165, 1.54) is 11.3 Å². The summed E-state index contributed by atoms with van der Waals surface area (Å²) in [5.74, 6) is 0.266. The van der Waals surface area contributed by atoms with Crippen molar-refractivity contribution in [3.8, 4) is 10.7 Å². The minimum Gasteiger partial charge on any atom is -0.348 e. The molecule has 2 N–H and O–H groups in total. The fourth-order valence-corrected chi connectivity index (χ4v) is 3.63. The number of amides is 1. The fourth-order valence-electron chi connectivity index (χ4n) is 3.08. The van der Waals surface area contributed by atoms with Crippen molar-refractivity contribution in [2.75, 3.05) is 6.54 Å². The molecule has 3 rings (SSSR count). The summed E-state index contributed by atoms with van der Waals surface area (Å²) in [6, 6.07) is 1.79. The van der Waals surface area contributed by atoms with E-state index in [9.17, 15) is 13.6 Å². The molecule has 2 aromatic rings. The van der Waals surface area contributed by atoms with Gasteiger partial charge in [-0.05, 0) is 38.7 Å². The lowest BCUT2D eigenvalue weighted by molar-refractivity contribution is 0.0917. The zero-order chi connectivity index (χ0) is 18.5. The Morgan fingerprint density at radius 3 is 2.65 bits per heavy atom. The molecule has 0 radical (unpaired) electrons. The number of alkyl halides is 2. The molecule has 0 spiro atoms. The van der Waals surface area contributed by atoms with Gasteiger partial charge in [-0.25, -0.2) is 18.7 Å². The van der Waals surface area contributed by atoms with Crippen molar-refractivity contribution >= 4 is 17.2 Å². The molecular formula is C17H21F2N5OS. The molecule has 9 heteroatoms. The van der Waals surface area contributed by atoms with E-state index >= 15 is 0 Å². The van der Waals surface area contributed by atoms with E-state index in [2.05, 4.69) is 25.6 Å². The van der Waals surface area contributed by atoms with Gasteiger partial charge in [0.15, 0.2) is 5.82 Å². The van der Waals surface area contributed by atoms with Crippen LogP contribution in [0.5, 0.6) is 0 Å². The summed E-state index contributed by atoms with van der Waals surface area (Å²) >= 11 is 1.42. The van der Waals surface area contributed by atoms with Crippen LogP contribution in [0.3, 0.4) is 0 Å². The molecule has 1 aliphatic carbocycles. The molecule has 6 nitrogen and oxygen atoms in total. The number of carbonyl (C=O) groups is 1. The first-order valence-electron chi connectivity index (χ1n) is 8.58. The predicted octanol–water partition coefficient (Wildman–Crippen LogP) is 2.80. The number of rotatable bonds is 6. The summed E-state index contributed by atoms with van der Waals surface area (Å²) in [6.45, 7) is 1.55. The van der Waals surface area contributed by atoms with Crippen LogP contribution < -0.4 is 10.6 Å². The third-order valence-corrected chi connectivity index (χ3v) is 5.13. The van der Waals surface area contributed by atoms with E-state index in [1.807, 2.05) is 6.92 Å². The molecule has 1 amide bonds. The van der Waals surface area contributed by atoms with Gasteiger partial charge in [-0.1, -0.05) is 0 Å². The van der Waals surface area contributed by atoms with Crippen LogP contribution in [0.25, 0.3) is 10.7 Å². The number of aromatic nitrogens is 3. The van der Waals surface area contributed by atoms with Crippen LogP contribution in [0, 0.1) is 6.92 Å². The Morgan fingerprint density at radius 2 is 2.00 bits per heavy atom. The Bertz CT molecular complexity index is 733. The van der Waals surface area contributed by atoms with Crippen LogP contribution in [-0.2, 0) is 0 Å². The van der Waals surface area contributed by atoms with Crippen molar-refractivity contribution < 1.29 is 13.6 Å². The van der Waals surface area contributed by atoms with Gasteiger partial charge in [0.1, 0.15) is 5.69 Å². The summed E-state index contributed by atoms with van der Waals surface area (Å²) < 4.78 is 24.5. The highest BCUT2D eigenvalue weighted by Gasteiger charge is 2.24. The van der Waals surface area contributed by atoms with Gasteiger partial charge in [-0.15, -0.1) is 11.3 Å². The second kappa shape index (κ2) is 8.59. The maximum atomic E-state index is 12.6. The second-order valence-electron chi connectivity index (χ2n) is 6.41. The van der Waals surface area contributed by atoms with Crippen molar-refractivity contribution in [1.82, 2.24) is 25.6 Å². The Balaban J connectivity index is 1.57. The molecular weight excluding hydrogens is 360 g/mol. The average Bonchev–Trinajstić information content (AvgIpc) is 3.15. The number of hydrogen-bond acceptors (Lipinski definition) is 6. The molecule has 1 fully saturated rings. The standard InChI is InChI=1S/C17H21F2N5OS/c1-10-6-13(24-16(22-10)14-7-20-9-26-14)17(25)23-12-4-2-11(3-5-12)21-8-15(18)19/h6-7,9,11-12,15,21H,2-5,8H2,1H3,(H,23,25)/t11-,12-. The number of nitrogens with zero attached hydrogens (tertiary/aromatic N) is 3. The Labute approximate surface area is 154 Å². The lowest BCUT2D eigenvalue weighted by atomic mass is 9.91. The average molecular weight is 381 g/mol. The normalized spacial score (nSPS) is 20.3. The van der Waals surface area contributed by atoms with Gasteiger partial charge in [0.25, 0.3) is 12.3 Å². The zero-order valence-corrected chi connectivity index (χ0v) is 15.2.